The topological polar surface area (TPSA) is 35.5 Å². The fraction of sp³-hybridized carbons (Fsp3) is 0.385. The first-order chi connectivity index (χ1) is 7.75. The number of unbranched alkanes of at least 4 members (excludes halogenated alkanes) is 2. The Morgan fingerprint density at radius 1 is 1.31 bits per heavy atom. The summed E-state index contributed by atoms with van der Waals surface area (Å²) in [6, 6.07) is 7.25. The summed E-state index contributed by atoms with van der Waals surface area (Å²) in [4.78, 5) is 21.1. The van der Waals surface area contributed by atoms with Gasteiger partial charge in [-0.3, -0.25) is 4.89 Å². The van der Waals surface area contributed by atoms with Gasteiger partial charge in [0, 0.05) is 0 Å². The van der Waals surface area contributed by atoms with Gasteiger partial charge in [-0.1, -0.05) is 38.0 Å². The molecule has 3 nitrogen and oxygen atoms in total. The Kier molecular flexibility index (Phi) is 5.57. The molecular formula is C13H17O3. The van der Waals surface area contributed by atoms with Crippen molar-refractivity contribution in [2.24, 2.45) is 0 Å². The zero-order valence-electron chi connectivity index (χ0n) is 9.57. The zero-order valence-corrected chi connectivity index (χ0v) is 9.57. The van der Waals surface area contributed by atoms with E-state index < -0.39 is 5.97 Å². The molecule has 1 rings (SSSR count). The lowest BCUT2D eigenvalue weighted by molar-refractivity contribution is -0.241. The van der Waals surface area contributed by atoms with Gasteiger partial charge in [0.2, 0.25) is 0 Å². The average Bonchev–Trinajstić information content (AvgIpc) is 2.29. The van der Waals surface area contributed by atoms with Crippen LogP contribution >= 0.6 is 0 Å². The molecule has 0 fully saturated rings. The van der Waals surface area contributed by atoms with Gasteiger partial charge in [0.05, 0.1) is 12.2 Å². The van der Waals surface area contributed by atoms with Crippen molar-refractivity contribution in [1.29, 1.82) is 0 Å². The van der Waals surface area contributed by atoms with Gasteiger partial charge in [-0.15, -0.1) is 0 Å². The summed E-state index contributed by atoms with van der Waals surface area (Å²) >= 11 is 0. The van der Waals surface area contributed by atoms with Crippen LogP contribution in [-0.4, -0.2) is 12.6 Å². The molecule has 0 aliphatic heterocycles. The largest absolute Gasteiger partial charge is 0.373 e. The highest BCUT2D eigenvalue weighted by Crippen LogP contribution is 2.08. The number of hydrogen-bond donors (Lipinski definition) is 0. The van der Waals surface area contributed by atoms with Gasteiger partial charge in [0.15, 0.2) is 0 Å². The predicted molar refractivity (Wildman–Crippen MR) is 61.8 cm³/mol. The minimum Gasteiger partial charge on any atom is -0.293 e. The molecule has 0 bridgehead atoms. The van der Waals surface area contributed by atoms with Crippen LogP contribution < -0.4 is 0 Å². The summed E-state index contributed by atoms with van der Waals surface area (Å²) in [5.41, 5.74) is 1.42. The van der Waals surface area contributed by atoms with Gasteiger partial charge < -0.3 is 0 Å². The second-order valence-corrected chi connectivity index (χ2v) is 3.57. The molecule has 0 atom stereocenters. The lowest BCUT2D eigenvalue weighted by Crippen LogP contribution is -2.08. The molecule has 87 valence electrons. The first kappa shape index (κ1) is 12.7. The molecule has 1 radical (unpaired) electrons. The van der Waals surface area contributed by atoms with Crippen LogP contribution in [0.3, 0.4) is 0 Å². The molecule has 0 amide bonds. The Balaban J connectivity index is 2.33. The maximum absolute atomic E-state index is 11.5. The maximum atomic E-state index is 11.5. The number of carbonyl (C=O) groups excluding carboxylic acids is 1. The van der Waals surface area contributed by atoms with E-state index in [-0.39, 0.29) is 0 Å². The standard InChI is InChI=1S/C13H17O3/c1-3-4-7-10-15-16-13(14)12-9-6-5-8-11(12)2/h5-6,8-9H,1,3-4,7,10H2,2H3. The Labute approximate surface area is 96.3 Å². The van der Waals surface area contributed by atoms with Crippen molar-refractivity contribution in [3.63, 3.8) is 0 Å². The van der Waals surface area contributed by atoms with E-state index >= 15 is 0 Å². The molecule has 0 aromatic heterocycles. The molecule has 1 aromatic rings. The molecule has 1 aromatic carbocycles. The van der Waals surface area contributed by atoms with E-state index in [1.165, 1.54) is 0 Å². The Hall–Kier alpha value is -1.35. The molecule has 0 aliphatic carbocycles. The first-order valence-electron chi connectivity index (χ1n) is 5.44. The highest BCUT2D eigenvalue weighted by atomic mass is 17.2. The van der Waals surface area contributed by atoms with E-state index in [9.17, 15) is 4.79 Å². The number of hydrogen-bond acceptors (Lipinski definition) is 3. The summed E-state index contributed by atoms with van der Waals surface area (Å²) in [7, 11) is 0. The third-order valence-electron chi connectivity index (χ3n) is 2.23. The number of aryl methyl sites for hydroxylation is 1. The lowest BCUT2D eigenvalue weighted by atomic mass is 10.1. The van der Waals surface area contributed by atoms with Crippen molar-refractivity contribution in [1.82, 2.24) is 0 Å². The third kappa shape index (κ3) is 4.03. The summed E-state index contributed by atoms with van der Waals surface area (Å²) in [6.07, 6.45) is 2.70. The Morgan fingerprint density at radius 3 is 2.75 bits per heavy atom. The minimum absolute atomic E-state index is 0.424. The van der Waals surface area contributed by atoms with Crippen molar-refractivity contribution in [3.05, 3.63) is 42.3 Å². The third-order valence-corrected chi connectivity index (χ3v) is 2.23. The van der Waals surface area contributed by atoms with Crippen molar-refractivity contribution in [2.75, 3.05) is 6.61 Å². The van der Waals surface area contributed by atoms with E-state index in [1.807, 2.05) is 19.1 Å². The highest BCUT2D eigenvalue weighted by molar-refractivity contribution is 5.90. The Bertz CT molecular complexity index is 334. The van der Waals surface area contributed by atoms with Gasteiger partial charge in [-0.2, -0.15) is 4.89 Å². The molecule has 0 aliphatic rings. The zero-order chi connectivity index (χ0) is 11.8. The summed E-state index contributed by atoms with van der Waals surface area (Å²) < 4.78 is 0. The van der Waals surface area contributed by atoms with E-state index in [2.05, 4.69) is 6.92 Å². The van der Waals surface area contributed by atoms with Gasteiger partial charge in [0.25, 0.3) is 0 Å². The van der Waals surface area contributed by atoms with Gasteiger partial charge in [-0.05, 0) is 25.0 Å². The van der Waals surface area contributed by atoms with Crippen molar-refractivity contribution >= 4 is 5.97 Å². The first-order valence-corrected chi connectivity index (χ1v) is 5.44. The van der Waals surface area contributed by atoms with Gasteiger partial charge in [-0.25, -0.2) is 4.79 Å². The van der Waals surface area contributed by atoms with E-state index in [4.69, 9.17) is 9.78 Å². The molecular weight excluding hydrogens is 204 g/mol. The molecule has 0 heterocycles. The lowest BCUT2D eigenvalue weighted by Gasteiger charge is -2.05. The van der Waals surface area contributed by atoms with Crippen LogP contribution in [0.4, 0.5) is 0 Å². The van der Waals surface area contributed by atoms with Gasteiger partial charge in [0.1, 0.15) is 0 Å². The Morgan fingerprint density at radius 2 is 2.06 bits per heavy atom. The van der Waals surface area contributed by atoms with Crippen molar-refractivity contribution in [3.8, 4) is 0 Å². The number of rotatable bonds is 6. The average molecular weight is 221 g/mol. The molecule has 0 saturated carbocycles. The van der Waals surface area contributed by atoms with Crippen LogP contribution in [0, 0.1) is 13.8 Å². The van der Waals surface area contributed by atoms with E-state index in [0.29, 0.717) is 12.2 Å². The minimum atomic E-state index is -0.437. The molecule has 3 heteroatoms. The molecule has 16 heavy (non-hydrogen) atoms. The smallest absolute Gasteiger partial charge is 0.293 e. The van der Waals surface area contributed by atoms with Crippen LogP contribution in [0.1, 0.15) is 35.2 Å². The monoisotopic (exact) mass is 221 g/mol. The van der Waals surface area contributed by atoms with Crippen molar-refractivity contribution in [2.45, 2.75) is 26.2 Å². The normalized spacial score (nSPS) is 10.1. The second-order valence-electron chi connectivity index (χ2n) is 3.57. The van der Waals surface area contributed by atoms with E-state index in [1.54, 1.807) is 12.1 Å². The van der Waals surface area contributed by atoms with E-state index in [0.717, 1.165) is 24.8 Å². The maximum Gasteiger partial charge on any atom is 0.373 e. The molecule has 0 unspecified atom stereocenters. The summed E-state index contributed by atoms with van der Waals surface area (Å²) in [5, 5.41) is 0. The molecule has 0 saturated heterocycles. The predicted octanol–water partition coefficient (Wildman–Crippen LogP) is 3.09. The highest BCUT2D eigenvalue weighted by Gasteiger charge is 2.10. The van der Waals surface area contributed by atoms with Crippen molar-refractivity contribution < 1.29 is 14.6 Å². The number of benzene rings is 1. The van der Waals surface area contributed by atoms with Crippen LogP contribution in [0.25, 0.3) is 0 Å². The van der Waals surface area contributed by atoms with Crippen LogP contribution in [-0.2, 0) is 9.78 Å². The SMILES string of the molecule is [CH2]CCCCOOC(=O)c1ccccc1C. The number of carbonyl (C=O) groups is 1. The quantitative estimate of drug-likeness (QED) is 0.420. The van der Waals surface area contributed by atoms with Crippen LogP contribution in [0.2, 0.25) is 0 Å². The summed E-state index contributed by atoms with van der Waals surface area (Å²) in [5.74, 6) is -0.437. The van der Waals surface area contributed by atoms with Crippen LogP contribution in [0.15, 0.2) is 24.3 Å². The summed E-state index contributed by atoms with van der Waals surface area (Å²) in [6.45, 7) is 6.00. The second kappa shape index (κ2) is 7.01. The van der Waals surface area contributed by atoms with Crippen LogP contribution in [0.5, 0.6) is 0 Å². The van der Waals surface area contributed by atoms with Gasteiger partial charge >= 0.3 is 5.97 Å². The molecule has 0 N–H and O–H groups in total. The fourth-order valence-corrected chi connectivity index (χ4v) is 1.28. The fourth-order valence-electron chi connectivity index (χ4n) is 1.28. The molecule has 0 spiro atoms.